The number of rotatable bonds is 4. The lowest BCUT2D eigenvalue weighted by molar-refractivity contribution is 0.0989. The van der Waals surface area contributed by atoms with Crippen LogP contribution in [0.2, 0.25) is 0 Å². The molecule has 1 amide bonds. The van der Waals surface area contributed by atoms with Crippen LogP contribution in [-0.4, -0.2) is 10.9 Å². The van der Waals surface area contributed by atoms with Gasteiger partial charge in [0.1, 0.15) is 5.76 Å². The Kier molecular flexibility index (Phi) is 3.87. The molecule has 0 atom stereocenters. The zero-order valence-corrected chi connectivity index (χ0v) is 12.0. The van der Waals surface area contributed by atoms with E-state index in [-0.39, 0.29) is 11.8 Å². The third-order valence-electron chi connectivity index (χ3n) is 3.02. The maximum atomic E-state index is 11.9. The summed E-state index contributed by atoms with van der Waals surface area (Å²) in [5.41, 5.74) is 2.63. The van der Waals surface area contributed by atoms with Crippen molar-refractivity contribution in [3.63, 3.8) is 0 Å². The van der Waals surface area contributed by atoms with Crippen LogP contribution < -0.4 is 10.6 Å². The van der Waals surface area contributed by atoms with Crippen molar-refractivity contribution >= 4 is 23.0 Å². The van der Waals surface area contributed by atoms with E-state index in [2.05, 4.69) is 15.6 Å². The van der Waals surface area contributed by atoms with Gasteiger partial charge in [0.15, 0.2) is 0 Å². The van der Waals surface area contributed by atoms with E-state index in [4.69, 9.17) is 4.42 Å². The number of carbonyl (C=O) groups is 1. The van der Waals surface area contributed by atoms with E-state index in [0.717, 1.165) is 11.4 Å². The second-order valence-corrected chi connectivity index (χ2v) is 4.80. The van der Waals surface area contributed by atoms with Crippen molar-refractivity contribution in [2.24, 2.45) is 0 Å². The van der Waals surface area contributed by atoms with Crippen molar-refractivity contribution in [3.05, 3.63) is 72.4 Å². The fraction of sp³-hybridized carbons (Fsp3) is 0.0588. The predicted molar refractivity (Wildman–Crippen MR) is 85.4 cm³/mol. The Balaban J connectivity index is 1.65. The van der Waals surface area contributed by atoms with E-state index in [9.17, 15) is 4.79 Å². The highest BCUT2D eigenvalue weighted by Gasteiger charge is 2.11. The number of oxazole rings is 1. The lowest BCUT2D eigenvalue weighted by Crippen LogP contribution is -2.12. The molecule has 0 aliphatic rings. The van der Waals surface area contributed by atoms with Gasteiger partial charge in [0, 0.05) is 17.1 Å². The van der Waals surface area contributed by atoms with Crippen molar-refractivity contribution in [1.82, 2.24) is 4.98 Å². The van der Waals surface area contributed by atoms with Gasteiger partial charge in [-0.15, -0.1) is 0 Å². The predicted octanol–water partition coefficient (Wildman–Crippen LogP) is 3.98. The minimum absolute atomic E-state index is 0.0592. The van der Waals surface area contributed by atoms with E-state index < -0.39 is 0 Å². The van der Waals surface area contributed by atoms with Crippen molar-refractivity contribution in [1.29, 1.82) is 0 Å². The maximum Gasteiger partial charge on any atom is 0.311 e. The molecule has 0 bridgehead atoms. The highest BCUT2D eigenvalue weighted by molar-refractivity contribution is 6.01. The molecule has 1 aromatic heterocycles. The Labute approximate surface area is 128 Å². The third kappa shape index (κ3) is 3.32. The summed E-state index contributed by atoms with van der Waals surface area (Å²) < 4.78 is 5.18. The largest absolute Gasteiger partial charge is 0.438 e. The number of carbonyl (C=O) groups excluding carboxylic acids is 1. The first-order chi connectivity index (χ1) is 10.7. The molecule has 0 spiro atoms. The number of hydrogen-bond donors (Lipinski definition) is 2. The molecule has 3 aromatic rings. The third-order valence-corrected chi connectivity index (χ3v) is 3.02. The van der Waals surface area contributed by atoms with E-state index in [1.54, 1.807) is 6.92 Å². The van der Waals surface area contributed by atoms with Crippen molar-refractivity contribution in [3.8, 4) is 0 Å². The molecule has 2 N–H and O–H groups in total. The molecule has 0 saturated carbocycles. The molecular weight excluding hydrogens is 278 g/mol. The lowest BCUT2D eigenvalue weighted by atomic mass is 10.2. The molecule has 5 heteroatoms. The number of nitrogens with one attached hydrogen (secondary N) is 2. The number of anilines is 3. The number of nitrogens with zero attached hydrogens (tertiary/aromatic N) is 1. The molecule has 2 aromatic carbocycles. The summed E-state index contributed by atoms with van der Waals surface area (Å²) in [6.45, 7) is 1.74. The smallest absolute Gasteiger partial charge is 0.311 e. The maximum absolute atomic E-state index is 11.9. The number of aromatic nitrogens is 1. The fourth-order valence-electron chi connectivity index (χ4n) is 1.97. The van der Waals surface area contributed by atoms with Crippen LogP contribution in [-0.2, 0) is 0 Å². The summed E-state index contributed by atoms with van der Waals surface area (Å²) in [5, 5.41) is 6.02. The summed E-state index contributed by atoms with van der Waals surface area (Å²) in [6.07, 6.45) is 1.52. The molecule has 5 nitrogen and oxygen atoms in total. The van der Waals surface area contributed by atoms with Gasteiger partial charge in [-0.05, 0) is 43.3 Å². The lowest BCUT2D eigenvalue weighted by Gasteiger charge is -2.07. The van der Waals surface area contributed by atoms with Gasteiger partial charge in [0.2, 0.25) is 0 Å². The van der Waals surface area contributed by atoms with Gasteiger partial charge in [-0.25, -0.2) is 4.98 Å². The van der Waals surface area contributed by atoms with Crippen LogP contribution in [0.15, 0.2) is 65.2 Å². The van der Waals surface area contributed by atoms with Crippen molar-refractivity contribution in [2.45, 2.75) is 6.92 Å². The van der Waals surface area contributed by atoms with E-state index >= 15 is 0 Å². The average Bonchev–Trinajstić information content (AvgIpc) is 2.97. The van der Waals surface area contributed by atoms with Gasteiger partial charge in [-0.1, -0.05) is 18.2 Å². The van der Waals surface area contributed by atoms with Crippen LogP contribution in [0.1, 0.15) is 16.4 Å². The molecule has 0 radical (unpaired) electrons. The molecule has 3 rings (SSSR count). The number of para-hydroxylation sites is 1. The Morgan fingerprint density at radius 3 is 2.23 bits per heavy atom. The van der Waals surface area contributed by atoms with Crippen LogP contribution in [0.25, 0.3) is 0 Å². The monoisotopic (exact) mass is 293 g/mol. The standard InChI is InChI=1S/C17H15N3O2/c1-12-11-18-17(22-12)16(21)20-15-9-7-14(8-10-15)19-13-5-3-2-4-6-13/h2-11,19H,1H3,(H,20,21). The molecule has 0 aliphatic carbocycles. The molecule has 22 heavy (non-hydrogen) atoms. The van der Waals surface area contributed by atoms with Crippen LogP contribution in [0.3, 0.4) is 0 Å². The minimum atomic E-state index is -0.364. The average molecular weight is 293 g/mol. The number of aryl methyl sites for hydroxylation is 1. The Morgan fingerprint density at radius 1 is 0.955 bits per heavy atom. The van der Waals surface area contributed by atoms with Gasteiger partial charge < -0.3 is 15.1 Å². The topological polar surface area (TPSA) is 67.2 Å². The Bertz CT molecular complexity index is 764. The Hall–Kier alpha value is -3.08. The van der Waals surface area contributed by atoms with Crippen molar-refractivity contribution in [2.75, 3.05) is 10.6 Å². The molecule has 110 valence electrons. The number of hydrogen-bond acceptors (Lipinski definition) is 4. The molecule has 0 fully saturated rings. The summed E-state index contributed by atoms with van der Waals surface area (Å²) in [6, 6.07) is 17.3. The molecular formula is C17H15N3O2. The highest BCUT2D eigenvalue weighted by atomic mass is 16.4. The van der Waals surface area contributed by atoms with Gasteiger partial charge >= 0.3 is 5.91 Å². The first-order valence-electron chi connectivity index (χ1n) is 6.86. The van der Waals surface area contributed by atoms with Crippen LogP contribution in [0.5, 0.6) is 0 Å². The van der Waals surface area contributed by atoms with Crippen LogP contribution >= 0.6 is 0 Å². The molecule has 0 aliphatic heterocycles. The summed E-state index contributed by atoms with van der Waals surface area (Å²) in [5.74, 6) is 0.299. The highest BCUT2D eigenvalue weighted by Crippen LogP contribution is 2.19. The molecule has 1 heterocycles. The van der Waals surface area contributed by atoms with Gasteiger partial charge in [-0.3, -0.25) is 4.79 Å². The zero-order chi connectivity index (χ0) is 15.4. The zero-order valence-electron chi connectivity index (χ0n) is 12.0. The SMILES string of the molecule is Cc1cnc(C(=O)Nc2ccc(Nc3ccccc3)cc2)o1. The van der Waals surface area contributed by atoms with Crippen molar-refractivity contribution < 1.29 is 9.21 Å². The second kappa shape index (κ2) is 6.13. The summed E-state index contributed by atoms with van der Waals surface area (Å²) in [7, 11) is 0. The summed E-state index contributed by atoms with van der Waals surface area (Å²) in [4.78, 5) is 15.8. The van der Waals surface area contributed by atoms with Gasteiger partial charge in [-0.2, -0.15) is 0 Å². The first kappa shape index (κ1) is 13.9. The van der Waals surface area contributed by atoms with Crippen LogP contribution in [0.4, 0.5) is 17.1 Å². The van der Waals surface area contributed by atoms with Gasteiger partial charge in [0.05, 0.1) is 6.20 Å². The minimum Gasteiger partial charge on any atom is -0.438 e. The molecule has 0 unspecified atom stereocenters. The first-order valence-corrected chi connectivity index (χ1v) is 6.86. The quantitative estimate of drug-likeness (QED) is 0.763. The second-order valence-electron chi connectivity index (χ2n) is 4.80. The van der Waals surface area contributed by atoms with Gasteiger partial charge in [0.25, 0.3) is 5.89 Å². The normalized spacial score (nSPS) is 10.2. The van der Waals surface area contributed by atoms with E-state index in [1.807, 2.05) is 54.6 Å². The number of amides is 1. The van der Waals surface area contributed by atoms with E-state index in [0.29, 0.717) is 11.4 Å². The molecule has 0 saturated heterocycles. The van der Waals surface area contributed by atoms with E-state index in [1.165, 1.54) is 6.20 Å². The summed E-state index contributed by atoms with van der Waals surface area (Å²) >= 11 is 0. The van der Waals surface area contributed by atoms with Crippen LogP contribution in [0, 0.1) is 6.92 Å². The Morgan fingerprint density at radius 2 is 1.59 bits per heavy atom. The number of benzene rings is 2. The fourth-order valence-corrected chi connectivity index (χ4v) is 1.97.